The van der Waals surface area contributed by atoms with E-state index in [1.165, 1.54) is 24.3 Å². The summed E-state index contributed by atoms with van der Waals surface area (Å²) in [5, 5.41) is 4.98. The Hall–Kier alpha value is -2.55. The van der Waals surface area contributed by atoms with Crippen molar-refractivity contribution in [3.8, 4) is 0 Å². The summed E-state index contributed by atoms with van der Waals surface area (Å²) in [6.07, 6.45) is 0.231. The van der Waals surface area contributed by atoms with Gasteiger partial charge >= 0.3 is 0 Å². The predicted octanol–water partition coefficient (Wildman–Crippen LogP) is 0.841. The molecule has 7 nitrogen and oxygen atoms in total. The van der Waals surface area contributed by atoms with Gasteiger partial charge in [-0.05, 0) is 24.3 Å². The second-order valence-electron chi connectivity index (χ2n) is 4.99. The molecule has 0 saturated carbocycles. The minimum Gasteiger partial charge on any atom is -0.294 e. The Kier molecular flexibility index (Phi) is 5.80. The molecular formula is C16H17N3O4S. The largest absolute Gasteiger partial charge is 0.294 e. The highest BCUT2D eigenvalue weighted by Crippen LogP contribution is 2.08. The number of hydrogen-bond donors (Lipinski definition) is 3. The van der Waals surface area contributed by atoms with Crippen LogP contribution >= 0.6 is 0 Å². The molecule has 0 aliphatic heterocycles. The molecule has 2 rings (SSSR count). The average Bonchev–Trinajstić information content (AvgIpc) is 2.58. The first kappa shape index (κ1) is 17.8. The van der Waals surface area contributed by atoms with Gasteiger partial charge in [0.25, 0.3) is 5.91 Å². The number of primary sulfonamides is 1. The molecule has 0 saturated heterocycles. The summed E-state index contributed by atoms with van der Waals surface area (Å²) in [6.45, 7) is 0.273. The van der Waals surface area contributed by atoms with Crippen molar-refractivity contribution in [3.63, 3.8) is 0 Å². The number of rotatable bonds is 7. The number of ketones is 1. The van der Waals surface area contributed by atoms with Crippen molar-refractivity contribution in [1.29, 1.82) is 0 Å². The molecule has 2 aromatic carbocycles. The van der Waals surface area contributed by atoms with E-state index in [2.05, 4.69) is 10.9 Å². The number of nitrogens with one attached hydrogen (secondary N) is 2. The molecule has 0 heterocycles. The first-order valence-corrected chi connectivity index (χ1v) is 8.67. The number of carbonyl (C=O) groups is 2. The highest BCUT2D eigenvalue weighted by molar-refractivity contribution is 7.89. The molecule has 126 valence electrons. The smallest absolute Gasteiger partial charge is 0.265 e. The molecule has 0 unspecified atom stereocenters. The number of nitrogens with two attached hydrogens (primary N) is 1. The molecular weight excluding hydrogens is 330 g/mol. The van der Waals surface area contributed by atoms with Crippen LogP contribution in [0, 0.1) is 0 Å². The molecule has 0 bridgehead atoms. The summed E-state index contributed by atoms with van der Waals surface area (Å²) in [4.78, 5) is 23.7. The fourth-order valence-corrected chi connectivity index (χ4v) is 2.47. The number of amides is 1. The standard InChI is InChI=1S/C16H17N3O4S/c17-24(22,23)14-8-6-13(7-9-14)16(21)19-18-11-10-15(20)12-4-2-1-3-5-12/h1-9,18H,10-11H2,(H,19,21)(H2,17,22,23). The third-order valence-corrected chi connectivity index (χ3v) is 4.15. The van der Waals surface area contributed by atoms with Crippen molar-refractivity contribution < 1.29 is 18.0 Å². The molecule has 8 heteroatoms. The summed E-state index contributed by atoms with van der Waals surface area (Å²) in [7, 11) is -3.79. The second-order valence-corrected chi connectivity index (χ2v) is 6.55. The van der Waals surface area contributed by atoms with E-state index in [9.17, 15) is 18.0 Å². The number of carbonyl (C=O) groups excluding carboxylic acids is 2. The molecule has 0 atom stereocenters. The number of hydrazine groups is 1. The van der Waals surface area contributed by atoms with E-state index < -0.39 is 15.9 Å². The Morgan fingerprint density at radius 3 is 2.12 bits per heavy atom. The van der Waals surface area contributed by atoms with Crippen LogP contribution in [0.25, 0.3) is 0 Å². The highest BCUT2D eigenvalue weighted by atomic mass is 32.2. The normalized spacial score (nSPS) is 11.0. The summed E-state index contributed by atoms with van der Waals surface area (Å²) in [5.41, 5.74) is 5.99. The maximum absolute atomic E-state index is 11.9. The van der Waals surface area contributed by atoms with Gasteiger partial charge < -0.3 is 0 Å². The fraction of sp³-hybridized carbons (Fsp3) is 0.125. The minimum absolute atomic E-state index is 0.0325. The molecule has 24 heavy (non-hydrogen) atoms. The number of Topliss-reactive ketones (excluding diaryl/α,β-unsaturated/α-hetero) is 1. The summed E-state index contributed by atoms with van der Waals surface area (Å²) in [6, 6.07) is 14.1. The molecule has 1 amide bonds. The molecule has 0 radical (unpaired) electrons. The quantitative estimate of drug-likeness (QED) is 0.390. The van der Waals surface area contributed by atoms with E-state index in [1.807, 2.05) is 6.07 Å². The van der Waals surface area contributed by atoms with Crippen LogP contribution in [0.4, 0.5) is 0 Å². The monoisotopic (exact) mass is 347 g/mol. The van der Waals surface area contributed by atoms with Crippen molar-refractivity contribution in [2.75, 3.05) is 6.54 Å². The zero-order valence-corrected chi connectivity index (χ0v) is 13.5. The van der Waals surface area contributed by atoms with Crippen LogP contribution in [0.5, 0.6) is 0 Å². The maximum atomic E-state index is 11.9. The molecule has 4 N–H and O–H groups in total. The summed E-state index contributed by atoms with van der Waals surface area (Å²) >= 11 is 0. The van der Waals surface area contributed by atoms with Crippen LogP contribution in [0.2, 0.25) is 0 Å². The second kappa shape index (κ2) is 7.82. The van der Waals surface area contributed by atoms with Gasteiger partial charge in [-0.3, -0.25) is 15.0 Å². The molecule has 0 aromatic heterocycles. The van der Waals surface area contributed by atoms with Gasteiger partial charge in [0, 0.05) is 24.1 Å². The Labute approximate surface area is 139 Å². The van der Waals surface area contributed by atoms with Crippen LogP contribution in [-0.2, 0) is 10.0 Å². The minimum atomic E-state index is -3.79. The lowest BCUT2D eigenvalue weighted by Gasteiger charge is -2.07. The Bertz CT molecular complexity index is 818. The van der Waals surface area contributed by atoms with Gasteiger partial charge in [0.1, 0.15) is 0 Å². The van der Waals surface area contributed by atoms with Gasteiger partial charge in [-0.25, -0.2) is 19.0 Å². The van der Waals surface area contributed by atoms with E-state index >= 15 is 0 Å². The first-order valence-electron chi connectivity index (χ1n) is 7.12. The SMILES string of the molecule is NS(=O)(=O)c1ccc(C(=O)NNCCC(=O)c2ccccc2)cc1. The van der Waals surface area contributed by atoms with Gasteiger partial charge in [-0.15, -0.1) is 0 Å². The number of sulfonamides is 1. The van der Waals surface area contributed by atoms with Gasteiger partial charge in [-0.1, -0.05) is 30.3 Å². The zero-order valence-electron chi connectivity index (χ0n) is 12.7. The predicted molar refractivity (Wildman–Crippen MR) is 88.7 cm³/mol. The number of benzene rings is 2. The zero-order chi connectivity index (χ0) is 17.6. The van der Waals surface area contributed by atoms with Gasteiger partial charge in [0.2, 0.25) is 10.0 Å². The van der Waals surface area contributed by atoms with E-state index in [0.29, 0.717) is 5.56 Å². The maximum Gasteiger partial charge on any atom is 0.265 e. The Morgan fingerprint density at radius 2 is 1.54 bits per heavy atom. The van der Waals surface area contributed by atoms with Crippen molar-refractivity contribution >= 4 is 21.7 Å². The van der Waals surface area contributed by atoms with Crippen molar-refractivity contribution in [3.05, 3.63) is 65.7 Å². The van der Waals surface area contributed by atoms with E-state index in [0.717, 1.165) is 0 Å². The van der Waals surface area contributed by atoms with Crippen LogP contribution < -0.4 is 16.0 Å². The van der Waals surface area contributed by atoms with Crippen LogP contribution in [0.15, 0.2) is 59.5 Å². The average molecular weight is 347 g/mol. The van der Waals surface area contributed by atoms with Gasteiger partial charge in [-0.2, -0.15) is 0 Å². The van der Waals surface area contributed by atoms with Crippen molar-refractivity contribution in [1.82, 2.24) is 10.9 Å². The lowest BCUT2D eigenvalue weighted by molar-refractivity contribution is 0.0918. The Balaban J connectivity index is 1.80. The van der Waals surface area contributed by atoms with Crippen LogP contribution in [0.1, 0.15) is 27.1 Å². The van der Waals surface area contributed by atoms with Gasteiger partial charge in [0.05, 0.1) is 4.90 Å². The third kappa shape index (κ3) is 4.98. The molecule has 0 aliphatic rings. The third-order valence-electron chi connectivity index (χ3n) is 3.22. The van der Waals surface area contributed by atoms with Crippen molar-refractivity contribution in [2.45, 2.75) is 11.3 Å². The molecule has 0 spiro atoms. The first-order chi connectivity index (χ1) is 11.4. The summed E-state index contributed by atoms with van der Waals surface area (Å²) in [5.74, 6) is -0.474. The van der Waals surface area contributed by atoms with Crippen LogP contribution in [-0.4, -0.2) is 26.7 Å². The van der Waals surface area contributed by atoms with Gasteiger partial charge in [0.15, 0.2) is 5.78 Å². The number of hydrogen-bond acceptors (Lipinski definition) is 5. The molecule has 0 aliphatic carbocycles. The lowest BCUT2D eigenvalue weighted by atomic mass is 10.1. The van der Waals surface area contributed by atoms with Crippen molar-refractivity contribution in [2.24, 2.45) is 5.14 Å². The van der Waals surface area contributed by atoms with E-state index in [1.54, 1.807) is 24.3 Å². The molecule has 0 fully saturated rings. The lowest BCUT2D eigenvalue weighted by Crippen LogP contribution is -2.38. The molecule has 2 aromatic rings. The van der Waals surface area contributed by atoms with E-state index in [-0.39, 0.29) is 29.2 Å². The fourth-order valence-electron chi connectivity index (χ4n) is 1.96. The highest BCUT2D eigenvalue weighted by Gasteiger charge is 2.10. The summed E-state index contributed by atoms with van der Waals surface area (Å²) < 4.78 is 22.3. The van der Waals surface area contributed by atoms with Crippen LogP contribution in [0.3, 0.4) is 0 Å². The van der Waals surface area contributed by atoms with E-state index in [4.69, 9.17) is 5.14 Å². The Morgan fingerprint density at radius 1 is 0.917 bits per heavy atom. The topological polar surface area (TPSA) is 118 Å².